The molecule has 0 fully saturated rings. The summed E-state index contributed by atoms with van der Waals surface area (Å²) in [5, 5.41) is 7.66. The number of hydrogen-bond donors (Lipinski definition) is 2. The Morgan fingerprint density at radius 1 is 1.35 bits per heavy atom. The highest BCUT2D eigenvalue weighted by atomic mass is 32.2. The molecule has 3 heterocycles. The summed E-state index contributed by atoms with van der Waals surface area (Å²) in [4.78, 5) is 20.2. The smallest absolute Gasteiger partial charge is 0.261 e. The van der Waals surface area contributed by atoms with Gasteiger partial charge in [-0.15, -0.1) is 11.3 Å². The number of carbonyl (C=O) groups excluding carboxylic acids is 1. The Balaban J connectivity index is 1.77. The van der Waals surface area contributed by atoms with Gasteiger partial charge in [0.05, 0.1) is 15.8 Å². The van der Waals surface area contributed by atoms with Gasteiger partial charge in [-0.05, 0) is 25.1 Å². The Morgan fingerprint density at radius 3 is 2.85 bits per heavy atom. The predicted octanol–water partition coefficient (Wildman–Crippen LogP) is 1.59. The first-order chi connectivity index (χ1) is 12.4. The normalized spacial score (nSPS) is 12.7. The van der Waals surface area contributed by atoms with Crippen molar-refractivity contribution in [1.29, 1.82) is 0 Å². The van der Waals surface area contributed by atoms with E-state index >= 15 is 0 Å². The Labute approximate surface area is 153 Å². The minimum atomic E-state index is -3.85. The minimum Gasteiger partial charge on any atom is -0.354 e. The summed E-state index contributed by atoms with van der Waals surface area (Å²) in [6, 6.07) is 5.81. The van der Waals surface area contributed by atoms with E-state index in [1.54, 1.807) is 31.3 Å². The second-order valence-electron chi connectivity index (χ2n) is 5.24. The van der Waals surface area contributed by atoms with Gasteiger partial charge >= 0.3 is 0 Å². The Morgan fingerprint density at radius 2 is 2.15 bits per heavy atom. The average Bonchev–Trinajstić information content (AvgIpc) is 3.31. The molecular weight excluding hydrogens is 378 g/mol. The monoisotopic (exact) mass is 393 g/mol. The Bertz CT molecular complexity index is 1010. The van der Waals surface area contributed by atoms with Crippen molar-refractivity contribution in [2.24, 2.45) is 0 Å². The van der Waals surface area contributed by atoms with Crippen molar-refractivity contribution < 1.29 is 17.7 Å². The zero-order valence-corrected chi connectivity index (χ0v) is 15.5. The van der Waals surface area contributed by atoms with Gasteiger partial charge in [-0.1, -0.05) is 11.2 Å². The van der Waals surface area contributed by atoms with Crippen molar-refractivity contribution >= 4 is 27.3 Å². The molecule has 0 bridgehead atoms. The lowest BCUT2D eigenvalue weighted by atomic mass is 10.3. The van der Waals surface area contributed by atoms with Gasteiger partial charge in [-0.3, -0.25) is 9.78 Å². The molecule has 11 heteroatoms. The number of amides is 1. The lowest BCUT2D eigenvalue weighted by Crippen LogP contribution is -2.27. The number of nitrogens with one attached hydrogen (secondary N) is 2. The lowest BCUT2D eigenvalue weighted by molar-refractivity contribution is 0.0967. The van der Waals surface area contributed by atoms with Crippen LogP contribution in [0, 0.1) is 0 Å². The Kier molecular flexibility index (Phi) is 5.11. The molecule has 0 aromatic carbocycles. The summed E-state index contributed by atoms with van der Waals surface area (Å²) >= 11 is 1.04. The fourth-order valence-corrected chi connectivity index (χ4v) is 4.48. The van der Waals surface area contributed by atoms with Crippen molar-refractivity contribution in [3.8, 4) is 11.5 Å². The molecule has 0 spiro atoms. The molecule has 3 aromatic heterocycles. The van der Waals surface area contributed by atoms with Crippen LogP contribution in [0.1, 0.15) is 28.5 Å². The third kappa shape index (κ3) is 3.79. The highest BCUT2D eigenvalue weighted by Gasteiger charge is 2.24. The van der Waals surface area contributed by atoms with Crippen molar-refractivity contribution in [1.82, 2.24) is 25.2 Å². The molecule has 136 valence electrons. The van der Waals surface area contributed by atoms with Crippen molar-refractivity contribution in [2.75, 3.05) is 7.05 Å². The van der Waals surface area contributed by atoms with Crippen molar-refractivity contribution in [2.45, 2.75) is 17.9 Å². The molecule has 0 aliphatic carbocycles. The van der Waals surface area contributed by atoms with Gasteiger partial charge in [0, 0.05) is 18.6 Å². The molecule has 9 nitrogen and oxygen atoms in total. The number of aromatic nitrogens is 3. The van der Waals surface area contributed by atoms with Crippen LogP contribution in [0.4, 0.5) is 0 Å². The van der Waals surface area contributed by atoms with Gasteiger partial charge in [-0.2, -0.15) is 9.71 Å². The van der Waals surface area contributed by atoms with Gasteiger partial charge in [0.2, 0.25) is 21.7 Å². The minimum absolute atomic E-state index is 0.00239. The van der Waals surface area contributed by atoms with Crippen LogP contribution < -0.4 is 10.0 Å². The number of nitrogens with zero attached hydrogens (tertiary/aromatic N) is 3. The molecule has 1 atom stereocenters. The molecule has 26 heavy (non-hydrogen) atoms. The maximum Gasteiger partial charge on any atom is 0.261 e. The van der Waals surface area contributed by atoms with Crippen LogP contribution in [-0.4, -0.2) is 36.5 Å². The van der Waals surface area contributed by atoms with Crippen LogP contribution in [0.5, 0.6) is 0 Å². The van der Waals surface area contributed by atoms with Gasteiger partial charge in [0.1, 0.15) is 5.69 Å². The van der Waals surface area contributed by atoms with Crippen LogP contribution in [0.15, 0.2) is 45.3 Å². The van der Waals surface area contributed by atoms with Crippen LogP contribution in [0.3, 0.4) is 0 Å². The second-order valence-corrected chi connectivity index (χ2v) is 7.87. The molecule has 1 amide bonds. The SMILES string of the molecule is CNC(=O)c1cc(S(=O)(=O)NC(C)c2nc(-c3ccccn3)no2)cs1. The third-order valence-electron chi connectivity index (χ3n) is 3.37. The second kappa shape index (κ2) is 7.32. The van der Waals surface area contributed by atoms with E-state index in [-0.39, 0.29) is 22.5 Å². The van der Waals surface area contributed by atoms with Gasteiger partial charge < -0.3 is 9.84 Å². The maximum absolute atomic E-state index is 12.5. The largest absolute Gasteiger partial charge is 0.354 e. The number of carbonyl (C=O) groups is 1. The van der Waals surface area contributed by atoms with E-state index in [1.807, 2.05) is 0 Å². The number of thiophene rings is 1. The van der Waals surface area contributed by atoms with Gasteiger partial charge in [0.15, 0.2) is 0 Å². The van der Waals surface area contributed by atoms with Crippen molar-refractivity contribution in [3.05, 3.63) is 46.6 Å². The Hall–Kier alpha value is -2.63. The molecule has 1 unspecified atom stereocenters. The summed E-state index contributed by atoms with van der Waals surface area (Å²) in [5.41, 5.74) is 0.519. The lowest BCUT2D eigenvalue weighted by Gasteiger charge is -2.09. The summed E-state index contributed by atoms with van der Waals surface area (Å²) in [7, 11) is -2.37. The molecule has 0 saturated carbocycles. The van der Waals surface area contributed by atoms with E-state index in [0.717, 1.165) is 11.3 Å². The molecule has 0 aliphatic heterocycles. The van der Waals surface area contributed by atoms with Gasteiger partial charge in [-0.25, -0.2) is 8.42 Å². The average molecular weight is 393 g/mol. The van der Waals surface area contributed by atoms with Crippen LogP contribution in [0.25, 0.3) is 11.5 Å². The fourth-order valence-electron chi connectivity index (χ4n) is 2.06. The summed E-state index contributed by atoms with van der Waals surface area (Å²) < 4.78 is 32.5. The van der Waals surface area contributed by atoms with Crippen molar-refractivity contribution in [3.63, 3.8) is 0 Å². The zero-order valence-electron chi connectivity index (χ0n) is 13.8. The summed E-state index contributed by atoms with van der Waals surface area (Å²) in [5.74, 6) is 0.0291. The van der Waals surface area contributed by atoms with E-state index in [1.165, 1.54) is 18.5 Å². The third-order valence-corrected chi connectivity index (χ3v) is 5.97. The number of pyridine rings is 1. The van der Waals surface area contributed by atoms with E-state index in [2.05, 4.69) is 25.2 Å². The zero-order chi connectivity index (χ0) is 18.7. The first-order valence-electron chi connectivity index (χ1n) is 7.48. The topological polar surface area (TPSA) is 127 Å². The molecule has 2 N–H and O–H groups in total. The first-order valence-corrected chi connectivity index (χ1v) is 9.85. The highest BCUT2D eigenvalue weighted by molar-refractivity contribution is 7.89. The van der Waals surface area contributed by atoms with E-state index < -0.39 is 16.1 Å². The van der Waals surface area contributed by atoms with Gasteiger partial charge in [0.25, 0.3) is 5.91 Å². The maximum atomic E-state index is 12.5. The fraction of sp³-hybridized carbons (Fsp3) is 0.200. The van der Waals surface area contributed by atoms with E-state index in [9.17, 15) is 13.2 Å². The molecule has 0 radical (unpaired) electrons. The van der Waals surface area contributed by atoms with Crippen LogP contribution in [0.2, 0.25) is 0 Å². The van der Waals surface area contributed by atoms with Crippen LogP contribution >= 0.6 is 11.3 Å². The number of rotatable bonds is 6. The molecule has 0 saturated heterocycles. The van der Waals surface area contributed by atoms with E-state index in [0.29, 0.717) is 10.6 Å². The quantitative estimate of drug-likeness (QED) is 0.651. The molecule has 0 aliphatic rings. The number of sulfonamides is 1. The van der Waals surface area contributed by atoms with Crippen LogP contribution in [-0.2, 0) is 10.0 Å². The predicted molar refractivity (Wildman–Crippen MR) is 94.0 cm³/mol. The highest BCUT2D eigenvalue weighted by Crippen LogP contribution is 2.22. The molecule has 3 rings (SSSR count). The van der Waals surface area contributed by atoms with E-state index in [4.69, 9.17) is 4.52 Å². The molecule has 3 aromatic rings. The number of hydrogen-bond acceptors (Lipinski definition) is 8. The summed E-state index contributed by atoms with van der Waals surface area (Å²) in [6.45, 7) is 1.58. The summed E-state index contributed by atoms with van der Waals surface area (Å²) in [6.07, 6.45) is 1.60. The standard InChI is InChI=1S/C15H15N5O4S2/c1-9(15-18-13(19-24-15)11-5-3-4-6-17-11)20-26(22,23)10-7-12(25-8-10)14(21)16-2/h3-9,20H,1-2H3,(H,16,21). The molecular formula is C15H15N5O4S2. The first kappa shape index (κ1) is 18.2.